The maximum Gasteiger partial charge on any atom is 0.137 e. The first-order valence-electron chi connectivity index (χ1n) is 9.18. The summed E-state index contributed by atoms with van der Waals surface area (Å²) >= 11 is 0. The number of hydrogen-bond donors (Lipinski definition) is 3. The van der Waals surface area contributed by atoms with Crippen molar-refractivity contribution < 1.29 is 37.4 Å². The van der Waals surface area contributed by atoms with Gasteiger partial charge in [-0.15, -0.1) is 0 Å². The number of rotatable bonds is 10. The van der Waals surface area contributed by atoms with Crippen LogP contribution < -0.4 is 27.2 Å². The minimum absolute atomic E-state index is 0. The Morgan fingerprint density at radius 1 is 0.714 bits per heavy atom. The van der Waals surface area contributed by atoms with E-state index in [1.807, 2.05) is 78.1 Å². The lowest BCUT2D eigenvalue weighted by atomic mass is 10.1. The molecule has 2 unspecified atom stereocenters. The van der Waals surface area contributed by atoms with E-state index in [2.05, 4.69) is 0 Å². The zero-order valence-electron chi connectivity index (χ0n) is 15.6. The van der Waals surface area contributed by atoms with Crippen LogP contribution in [-0.2, 0) is 0 Å². The molecule has 0 amide bonds. The number of benzene rings is 3. The van der Waals surface area contributed by atoms with Crippen molar-refractivity contribution in [1.82, 2.24) is 0 Å². The number of halogens is 1. The second-order valence-corrected chi connectivity index (χ2v) is 6.48. The molecule has 0 aliphatic rings. The van der Waals surface area contributed by atoms with Gasteiger partial charge in [0.15, 0.2) is 0 Å². The number of para-hydroxylation sites is 1. The average Bonchev–Trinajstić information content (AvgIpc) is 2.71. The third-order valence-corrected chi connectivity index (χ3v) is 4.24. The lowest BCUT2D eigenvalue weighted by Crippen LogP contribution is -3.00. The van der Waals surface area contributed by atoms with Gasteiger partial charge in [-0.3, -0.25) is 0 Å². The summed E-state index contributed by atoms with van der Waals surface area (Å²) in [5, 5.41) is 24.1. The van der Waals surface area contributed by atoms with Crippen molar-refractivity contribution in [2.75, 3.05) is 26.3 Å². The molecule has 6 heteroatoms. The van der Waals surface area contributed by atoms with Gasteiger partial charge in [-0.2, -0.15) is 0 Å². The van der Waals surface area contributed by atoms with Gasteiger partial charge in [0.2, 0.25) is 0 Å². The van der Waals surface area contributed by atoms with Crippen molar-refractivity contribution in [2.45, 2.75) is 12.2 Å². The fourth-order valence-electron chi connectivity index (χ4n) is 2.83. The lowest BCUT2D eigenvalue weighted by Gasteiger charge is -2.15. The Bertz CT molecular complexity index is 826. The zero-order chi connectivity index (χ0) is 18.9. The highest BCUT2D eigenvalue weighted by atomic mass is 35.5. The molecule has 0 radical (unpaired) electrons. The van der Waals surface area contributed by atoms with Crippen molar-refractivity contribution in [3.63, 3.8) is 0 Å². The first-order chi connectivity index (χ1) is 13.2. The van der Waals surface area contributed by atoms with Crippen LogP contribution in [0.3, 0.4) is 0 Å². The standard InChI is InChI=1S/C22H25NO4.ClH/c24-18(15-26-20-9-2-1-3-10-20)13-23-14-19(25)16-27-22-12-6-8-17-7-4-5-11-21(17)22;/h1-12,18-19,23-25H,13-16H2;1H. The highest BCUT2D eigenvalue weighted by Crippen LogP contribution is 2.25. The molecule has 0 aliphatic carbocycles. The van der Waals surface area contributed by atoms with E-state index < -0.39 is 12.2 Å². The predicted molar refractivity (Wildman–Crippen MR) is 105 cm³/mol. The fourth-order valence-corrected chi connectivity index (χ4v) is 2.83. The maximum atomic E-state index is 10.1. The van der Waals surface area contributed by atoms with E-state index in [1.54, 1.807) is 0 Å². The molecule has 5 nitrogen and oxygen atoms in total. The minimum atomic E-state index is -0.619. The van der Waals surface area contributed by atoms with E-state index >= 15 is 0 Å². The molecule has 0 fully saturated rings. The summed E-state index contributed by atoms with van der Waals surface area (Å²) < 4.78 is 11.3. The summed E-state index contributed by atoms with van der Waals surface area (Å²) in [5.74, 6) is 1.50. The van der Waals surface area contributed by atoms with Crippen molar-refractivity contribution >= 4 is 10.8 Å². The molecular formula is C22H26ClNO4. The van der Waals surface area contributed by atoms with Gasteiger partial charge in [-0.05, 0) is 23.6 Å². The molecule has 0 aromatic heterocycles. The molecule has 3 aromatic rings. The van der Waals surface area contributed by atoms with E-state index in [0.717, 1.165) is 22.3 Å². The third kappa shape index (κ3) is 6.69. The van der Waals surface area contributed by atoms with Crippen LogP contribution in [0, 0.1) is 0 Å². The number of aliphatic hydroxyl groups is 2. The monoisotopic (exact) mass is 403 g/mol. The third-order valence-electron chi connectivity index (χ3n) is 4.24. The summed E-state index contributed by atoms with van der Waals surface area (Å²) in [7, 11) is 0. The second-order valence-electron chi connectivity index (χ2n) is 6.48. The quantitative estimate of drug-likeness (QED) is 0.389. The second kappa shape index (κ2) is 11.5. The number of fused-ring (bicyclic) bond motifs is 1. The Hall–Kier alpha value is -2.31. The summed E-state index contributed by atoms with van der Waals surface area (Å²) in [6.45, 7) is 1.34. The van der Waals surface area contributed by atoms with Gasteiger partial charge in [-0.25, -0.2) is 0 Å². The molecule has 0 saturated heterocycles. The van der Waals surface area contributed by atoms with Gasteiger partial charge in [0.1, 0.15) is 50.0 Å². The summed E-state index contributed by atoms with van der Waals surface area (Å²) in [6, 6.07) is 23.3. The molecule has 4 N–H and O–H groups in total. The van der Waals surface area contributed by atoms with Crippen LogP contribution in [0.5, 0.6) is 11.5 Å². The number of quaternary nitrogens is 1. The summed E-state index contributed by atoms with van der Waals surface area (Å²) in [6.07, 6.45) is -1.22. The van der Waals surface area contributed by atoms with Crippen LogP contribution in [0.15, 0.2) is 72.8 Å². The number of ether oxygens (including phenoxy) is 2. The highest BCUT2D eigenvalue weighted by molar-refractivity contribution is 5.88. The summed E-state index contributed by atoms with van der Waals surface area (Å²) in [4.78, 5) is 0. The molecule has 0 bridgehead atoms. The molecule has 3 aromatic carbocycles. The Morgan fingerprint density at radius 2 is 1.32 bits per heavy atom. The molecule has 0 heterocycles. The van der Waals surface area contributed by atoms with Crippen molar-refractivity contribution in [3.05, 3.63) is 72.8 Å². The van der Waals surface area contributed by atoms with Crippen LogP contribution in [0.1, 0.15) is 0 Å². The Kier molecular flexibility index (Phi) is 9.04. The topological polar surface area (TPSA) is 75.5 Å². The molecule has 2 atom stereocenters. The predicted octanol–water partition coefficient (Wildman–Crippen LogP) is -1.41. The molecule has 0 aliphatic heterocycles. The normalized spacial score (nSPS) is 12.8. The lowest BCUT2D eigenvalue weighted by molar-refractivity contribution is -0.667. The molecule has 3 rings (SSSR count). The minimum Gasteiger partial charge on any atom is -1.00 e. The SMILES string of the molecule is OC(C[NH2+]CC(O)COc1cccc2ccccc12)COc1ccccc1.[Cl-]. The Balaban J connectivity index is 0.00000280. The van der Waals surface area contributed by atoms with Gasteiger partial charge in [0.05, 0.1) is 0 Å². The number of hydrogen-bond acceptors (Lipinski definition) is 4. The van der Waals surface area contributed by atoms with Crippen LogP contribution in [0.25, 0.3) is 10.8 Å². The van der Waals surface area contributed by atoms with Gasteiger partial charge in [0.25, 0.3) is 0 Å². The van der Waals surface area contributed by atoms with E-state index in [4.69, 9.17) is 9.47 Å². The number of aliphatic hydroxyl groups excluding tert-OH is 2. The van der Waals surface area contributed by atoms with E-state index in [0.29, 0.717) is 13.1 Å². The first-order valence-corrected chi connectivity index (χ1v) is 9.18. The fraction of sp³-hybridized carbons (Fsp3) is 0.273. The molecule has 150 valence electrons. The Morgan fingerprint density at radius 3 is 2.07 bits per heavy atom. The zero-order valence-corrected chi connectivity index (χ0v) is 16.3. The Labute approximate surface area is 171 Å². The molecule has 28 heavy (non-hydrogen) atoms. The van der Waals surface area contributed by atoms with Crippen LogP contribution in [-0.4, -0.2) is 48.7 Å². The molecular weight excluding hydrogens is 378 g/mol. The van der Waals surface area contributed by atoms with Crippen molar-refractivity contribution in [3.8, 4) is 11.5 Å². The number of nitrogens with two attached hydrogens (primary N) is 1. The first kappa shape index (κ1) is 22.0. The van der Waals surface area contributed by atoms with Crippen molar-refractivity contribution in [1.29, 1.82) is 0 Å². The van der Waals surface area contributed by atoms with Gasteiger partial charge in [-0.1, -0.05) is 54.6 Å². The van der Waals surface area contributed by atoms with Gasteiger partial charge >= 0.3 is 0 Å². The van der Waals surface area contributed by atoms with Crippen LogP contribution >= 0.6 is 0 Å². The van der Waals surface area contributed by atoms with Gasteiger partial charge < -0.3 is 37.4 Å². The van der Waals surface area contributed by atoms with E-state index in [9.17, 15) is 10.2 Å². The van der Waals surface area contributed by atoms with E-state index in [1.165, 1.54) is 0 Å². The summed E-state index contributed by atoms with van der Waals surface area (Å²) in [5.41, 5.74) is 0. The highest BCUT2D eigenvalue weighted by Gasteiger charge is 2.12. The van der Waals surface area contributed by atoms with Crippen LogP contribution in [0.2, 0.25) is 0 Å². The largest absolute Gasteiger partial charge is 1.00 e. The molecule has 0 saturated carbocycles. The average molecular weight is 404 g/mol. The van der Waals surface area contributed by atoms with Gasteiger partial charge in [0, 0.05) is 5.39 Å². The maximum absolute atomic E-state index is 10.1. The van der Waals surface area contributed by atoms with E-state index in [-0.39, 0.29) is 25.6 Å². The van der Waals surface area contributed by atoms with Crippen LogP contribution in [0.4, 0.5) is 0 Å². The van der Waals surface area contributed by atoms with Crippen molar-refractivity contribution in [2.24, 2.45) is 0 Å². The molecule has 0 spiro atoms. The smallest absolute Gasteiger partial charge is 0.137 e.